The molecule has 0 bridgehead atoms. The van der Waals surface area contributed by atoms with Gasteiger partial charge in [0.05, 0.1) is 17.3 Å². The second-order valence-electron chi connectivity index (χ2n) is 11.9. The van der Waals surface area contributed by atoms with Crippen LogP contribution in [0.2, 0.25) is 10.0 Å². The molecule has 0 radical (unpaired) electrons. The molecule has 1 saturated heterocycles. The van der Waals surface area contributed by atoms with Crippen LogP contribution in [-0.4, -0.2) is 52.6 Å². The van der Waals surface area contributed by atoms with Crippen molar-refractivity contribution in [2.75, 3.05) is 18.0 Å². The molecule has 1 unspecified atom stereocenters. The number of carbonyl (C=O) groups is 3. The number of imide groups is 1. The minimum Gasteiger partial charge on any atom is -0.457 e. The highest BCUT2D eigenvalue weighted by Gasteiger charge is 2.37. The Morgan fingerprint density at radius 3 is 2.55 bits per heavy atom. The van der Waals surface area contributed by atoms with Gasteiger partial charge < -0.3 is 14.4 Å². The molecule has 8 nitrogen and oxygen atoms in total. The number of fused-ring (bicyclic) bond motifs is 1. The van der Waals surface area contributed by atoms with Crippen molar-refractivity contribution in [3.63, 3.8) is 0 Å². The Bertz CT molecular complexity index is 1580. The van der Waals surface area contributed by atoms with E-state index in [1.54, 1.807) is 28.0 Å². The molecule has 2 aliphatic heterocycles. The molecule has 232 valence electrons. The maximum atomic E-state index is 13.7. The van der Waals surface area contributed by atoms with Crippen molar-refractivity contribution in [2.45, 2.75) is 64.6 Å². The van der Waals surface area contributed by atoms with Crippen molar-refractivity contribution < 1.29 is 28.2 Å². The predicted octanol–water partition coefficient (Wildman–Crippen LogP) is 8.23. The lowest BCUT2D eigenvalue weighted by Crippen LogP contribution is -2.53. The van der Waals surface area contributed by atoms with E-state index in [9.17, 15) is 18.8 Å². The summed E-state index contributed by atoms with van der Waals surface area (Å²) in [6.45, 7) is 6.01. The average Bonchev–Trinajstić information content (AvgIpc) is 2.96. The second-order valence-corrected chi connectivity index (χ2v) is 12.7. The average molecular weight is 643 g/mol. The Morgan fingerprint density at radius 1 is 1.02 bits per heavy atom. The number of aryl methyl sites for hydroxylation is 1. The van der Waals surface area contributed by atoms with Gasteiger partial charge >= 0.3 is 12.1 Å². The van der Waals surface area contributed by atoms with Crippen molar-refractivity contribution in [3.05, 3.63) is 87.7 Å². The Labute approximate surface area is 266 Å². The number of nitrogens with zero attached hydrogens (tertiary/aromatic N) is 3. The number of hydrogen-bond acceptors (Lipinski definition) is 5. The van der Waals surface area contributed by atoms with E-state index in [0.717, 1.165) is 17.7 Å². The highest BCUT2D eigenvalue weighted by atomic mass is 35.5. The van der Waals surface area contributed by atoms with E-state index in [-0.39, 0.29) is 43.0 Å². The first-order valence-electron chi connectivity index (χ1n) is 14.5. The molecule has 0 aliphatic carbocycles. The summed E-state index contributed by atoms with van der Waals surface area (Å²) in [5.41, 5.74) is 1.81. The molecule has 3 aromatic carbocycles. The number of benzene rings is 3. The highest BCUT2D eigenvalue weighted by molar-refractivity contribution is 6.31. The molecule has 2 heterocycles. The zero-order valence-electron chi connectivity index (χ0n) is 24.8. The monoisotopic (exact) mass is 641 g/mol. The molecule has 44 heavy (non-hydrogen) atoms. The van der Waals surface area contributed by atoms with Gasteiger partial charge in [0.25, 0.3) is 0 Å². The molecule has 2 aliphatic rings. The Morgan fingerprint density at radius 2 is 1.80 bits per heavy atom. The predicted molar refractivity (Wildman–Crippen MR) is 167 cm³/mol. The van der Waals surface area contributed by atoms with E-state index in [1.165, 1.54) is 23.1 Å². The molecule has 0 aromatic heterocycles. The molecule has 1 atom stereocenters. The van der Waals surface area contributed by atoms with Crippen LogP contribution in [0.4, 0.5) is 19.7 Å². The van der Waals surface area contributed by atoms with E-state index in [2.05, 4.69) is 0 Å². The van der Waals surface area contributed by atoms with Crippen molar-refractivity contribution in [1.82, 2.24) is 9.80 Å². The number of urea groups is 1. The van der Waals surface area contributed by atoms with Crippen molar-refractivity contribution in [3.8, 4) is 11.5 Å². The maximum Gasteiger partial charge on any atom is 0.415 e. The number of ether oxygens (including phenoxy) is 2. The van der Waals surface area contributed by atoms with Gasteiger partial charge in [0.1, 0.15) is 22.9 Å². The molecule has 11 heteroatoms. The lowest BCUT2D eigenvalue weighted by Gasteiger charge is -2.40. The van der Waals surface area contributed by atoms with Crippen LogP contribution in [0.3, 0.4) is 0 Å². The smallest absolute Gasteiger partial charge is 0.415 e. The fourth-order valence-electron chi connectivity index (χ4n) is 5.45. The number of hydrogen-bond donors (Lipinski definition) is 0. The van der Waals surface area contributed by atoms with Crippen LogP contribution in [0.25, 0.3) is 0 Å². The SMILES string of the molecule is CC(C)(C)OC(=O)N1c2ccccc2CCC1CCN1C(=O)CCN(Cc2ccc(Cl)cc2Oc2ccc(F)c(Cl)c2)C1=O. The van der Waals surface area contributed by atoms with Gasteiger partial charge in [-0.2, -0.15) is 0 Å². The molecular formula is C33H34Cl2FN3O5. The molecule has 1 fully saturated rings. The number of para-hydroxylation sites is 1. The summed E-state index contributed by atoms with van der Waals surface area (Å²) in [6.07, 6.45) is 1.55. The Hall–Kier alpha value is -3.82. The van der Waals surface area contributed by atoms with Crippen LogP contribution in [0.15, 0.2) is 60.7 Å². The van der Waals surface area contributed by atoms with Crippen molar-refractivity contribution in [2.24, 2.45) is 0 Å². The first-order chi connectivity index (χ1) is 20.9. The Kier molecular flexibility index (Phi) is 9.37. The van der Waals surface area contributed by atoms with E-state index in [4.69, 9.17) is 32.7 Å². The fraction of sp³-hybridized carbons (Fsp3) is 0.364. The highest BCUT2D eigenvalue weighted by Crippen LogP contribution is 2.35. The van der Waals surface area contributed by atoms with E-state index < -0.39 is 23.5 Å². The third kappa shape index (κ3) is 7.27. The molecule has 5 rings (SSSR count). The number of rotatable bonds is 7. The summed E-state index contributed by atoms with van der Waals surface area (Å²) >= 11 is 12.2. The number of halogens is 3. The molecule has 3 aromatic rings. The third-order valence-corrected chi connectivity index (χ3v) is 8.07. The summed E-state index contributed by atoms with van der Waals surface area (Å²) in [5, 5.41) is 0.334. The minimum atomic E-state index is -0.680. The third-order valence-electron chi connectivity index (χ3n) is 7.55. The lowest BCUT2D eigenvalue weighted by atomic mass is 9.94. The summed E-state index contributed by atoms with van der Waals surface area (Å²) in [7, 11) is 0. The first-order valence-corrected chi connectivity index (χ1v) is 15.3. The van der Waals surface area contributed by atoms with Gasteiger partial charge in [0.2, 0.25) is 5.91 Å². The van der Waals surface area contributed by atoms with E-state index >= 15 is 0 Å². The maximum absolute atomic E-state index is 13.7. The van der Waals surface area contributed by atoms with Crippen LogP contribution in [-0.2, 0) is 22.5 Å². The number of amides is 4. The standard InChI is InChI=1S/C33H34Cl2FN3O5/c1-33(2,3)44-32(42)39-24(11-9-21-6-4-5-7-28(21)39)14-17-38-30(40)15-16-37(31(38)41)20-22-8-10-23(34)18-29(22)43-25-12-13-27(36)26(35)19-25/h4-8,10,12-13,18-19,24H,9,11,14-17,20H2,1-3H3. The van der Waals surface area contributed by atoms with Gasteiger partial charge in [-0.1, -0.05) is 47.5 Å². The second kappa shape index (κ2) is 13.0. The Balaban J connectivity index is 1.31. The van der Waals surface area contributed by atoms with Crippen molar-refractivity contribution >= 4 is 46.9 Å². The summed E-state index contributed by atoms with van der Waals surface area (Å²) in [4.78, 5) is 44.5. The minimum absolute atomic E-state index is 0.0851. The molecule has 0 N–H and O–H groups in total. The van der Waals surface area contributed by atoms with Crippen molar-refractivity contribution in [1.29, 1.82) is 0 Å². The largest absolute Gasteiger partial charge is 0.457 e. The molecule has 4 amide bonds. The lowest BCUT2D eigenvalue weighted by molar-refractivity contribution is -0.131. The van der Waals surface area contributed by atoms with Crippen LogP contribution in [0.1, 0.15) is 51.2 Å². The number of carbonyl (C=O) groups excluding carboxylic acids is 3. The normalized spacial score (nSPS) is 17.0. The van der Waals surface area contributed by atoms with Crippen LogP contribution >= 0.6 is 23.2 Å². The molecule has 0 spiro atoms. The zero-order chi connectivity index (χ0) is 31.6. The molecular weight excluding hydrogens is 608 g/mol. The van der Waals surface area contributed by atoms with Gasteiger partial charge in [-0.25, -0.2) is 14.0 Å². The van der Waals surface area contributed by atoms with Crippen LogP contribution in [0.5, 0.6) is 11.5 Å². The molecule has 0 saturated carbocycles. The summed E-state index contributed by atoms with van der Waals surface area (Å²) < 4.78 is 25.4. The van der Waals surface area contributed by atoms with E-state index in [1.807, 2.05) is 45.0 Å². The fourth-order valence-corrected chi connectivity index (χ4v) is 5.78. The van der Waals surface area contributed by atoms with Gasteiger partial charge in [-0.3, -0.25) is 14.6 Å². The topological polar surface area (TPSA) is 79.4 Å². The summed E-state index contributed by atoms with van der Waals surface area (Å²) in [5.74, 6) is -0.143. The van der Waals surface area contributed by atoms with Gasteiger partial charge in [-0.15, -0.1) is 0 Å². The zero-order valence-corrected chi connectivity index (χ0v) is 26.3. The first kappa shape index (κ1) is 31.6. The van der Waals surface area contributed by atoms with Crippen LogP contribution < -0.4 is 9.64 Å². The van der Waals surface area contributed by atoms with Gasteiger partial charge in [0, 0.05) is 42.2 Å². The summed E-state index contributed by atoms with van der Waals surface area (Å²) in [6, 6.07) is 16.1. The van der Waals surface area contributed by atoms with Gasteiger partial charge in [-0.05, 0) is 75.9 Å². The van der Waals surface area contributed by atoms with Gasteiger partial charge in [0.15, 0.2) is 0 Å². The number of anilines is 1. The quantitative estimate of drug-likeness (QED) is 0.260. The van der Waals surface area contributed by atoms with E-state index in [0.29, 0.717) is 34.9 Å². The van der Waals surface area contributed by atoms with Crippen LogP contribution in [0, 0.1) is 5.82 Å².